The molecule has 2 fully saturated rings. The van der Waals surface area contributed by atoms with Crippen LogP contribution in [0.15, 0.2) is 0 Å². The van der Waals surface area contributed by atoms with Gasteiger partial charge in [0.25, 0.3) is 0 Å². The summed E-state index contributed by atoms with van der Waals surface area (Å²) >= 11 is 1.96. The molecule has 0 spiro atoms. The second kappa shape index (κ2) is 4.96. The molecule has 1 heterocycles. The molecule has 1 aliphatic heterocycles. The van der Waals surface area contributed by atoms with Crippen LogP contribution in [0.4, 0.5) is 0 Å². The Bertz CT molecular complexity index is 264. The van der Waals surface area contributed by atoms with Gasteiger partial charge in [0.15, 0.2) is 0 Å². The molecule has 1 amide bonds. The van der Waals surface area contributed by atoms with Gasteiger partial charge >= 0.3 is 0 Å². The maximum atomic E-state index is 12.1. The summed E-state index contributed by atoms with van der Waals surface area (Å²) in [5, 5.41) is 0.579. The second-order valence-electron chi connectivity index (χ2n) is 5.27. The van der Waals surface area contributed by atoms with Crippen molar-refractivity contribution < 1.29 is 4.79 Å². The van der Waals surface area contributed by atoms with Gasteiger partial charge in [-0.1, -0.05) is 19.8 Å². The molecule has 16 heavy (non-hydrogen) atoms. The van der Waals surface area contributed by atoms with Gasteiger partial charge in [-0.25, -0.2) is 0 Å². The summed E-state index contributed by atoms with van der Waals surface area (Å²) in [4.78, 5) is 14.1. The molecule has 2 rings (SSSR count). The summed E-state index contributed by atoms with van der Waals surface area (Å²) in [6.45, 7) is 4.00. The molecule has 4 heteroatoms. The quantitative estimate of drug-likeness (QED) is 0.800. The van der Waals surface area contributed by atoms with Gasteiger partial charge in [0.2, 0.25) is 5.91 Å². The molecule has 2 N–H and O–H groups in total. The first-order valence-electron chi connectivity index (χ1n) is 6.27. The third-order valence-corrected chi connectivity index (χ3v) is 4.83. The molecule has 1 aliphatic carbocycles. The molecule has 0 aromatic heterocycles. The van der Waals surface area contributed by atoms with Gasteiger partial charge in [-0.05, 0) is 12.8 Å². The van der Waals surface area contributed by atoms with Gasteiger partial charge < -0.3 is 10.6 Å². The van der Waals surface area contributed by atoms with E-state index in [2.05, 4.69) is 6.92 Å². The molecule has 0 radical (unpaired) electrons. The minimum absolute atomic E-state index is 0.190. The van der Waals surface area contributed by atoms with E-state index in [9.17, 15) is 4.79 Å². The van der Waals surface area contributed by atoms with E-state index in [1.54, 1.807) is 0 Å². The normalized spacial score (nSPS) is 29.4. The SMILES string of the molecule is CC1CN(C(=O)CC2(N)CCCC2)CCS1. The van der Waals surface area contributed by atoms with Crippen LogP contribution in [-0.4, -0.2) is 40.4 Å². The van der Waals surface area contributed by atoms with Crippen molar-refractivity contribution in [3.05, 3.63) is 0 Å². The molecule has 0 aromatic carbocycles. The lowest BCUT2D eigenvalue weighted by Gasteiger charge is -2.33. The van der Waals surface area contributed by atoms with E-state index in [1.807, 2.05) is 16.7 Å². The Kier molecular flexibility index (Phi) is 3.80. The molecule has 1 saturated heterocycles. The highest BCUT2D eigenvalue weighted by molar-refractivity contribution is 7.99. The summed E-state index contributed by atoms with van der Waals surface area (Å²) in [5.41, 5.74) is 6.06. The number of nitrogens with two attached hydrogens (primary N) is 1. The summed E-state index contributed by atoms with van der Waals surface area (Å²) in [7, 11) is 0. The number of carbonyl (C=O) groups is 1. The molecule has 2 aliphatic rings. The predicted octanol–water partition coefficient (Wildman–Crippen LogP) is 1.61. The van der Waals surface area contributed by atoms with Crippen molar-refractivity contribution in [3.63, 3.8) is 0 Å². The van der Waals surface area contributed by atoms with Gasteiger partial charge in [-0.2, -0.15) is 11.8 Å². The standard InChI is InChI=1S/C12H22N2OS/c1-10-9-14(6-7-16-10)11(15)8-12(13)4-2-3-5-12/h10H,2-9,13H2,1H3. The molecule has 3 nitrogen and oxygen atoms in total. The van der Waals surface area contributed by atoms with Crippen LogP contribution in [0.2, 0.25) is 0 Å². The number of thioether (sulfide) groups is 1. The Morgan fingerprint density at radius 2 is 2.19 bits per heavy atom. The zero-order valence-electron chi connectivity index (χ0n) is 10.1. The highest BCUT2D eigenvalue weighted by atomic mass is 32.2. The van der Waals surface area contributed by atoms with Crippen molar-refractivity contribution in [2.24, 2.45) is 5.73 Å². The monoisotopic (exact) mass is 242 g/mol. The number of amides is 1. The smallest absolute Gasteiger partial charge is 0.224 e. The van der Waals surface area contributed by atoms with Crippen LogP contribution in [-0.2, 0) is 4.79 Å². The largest absolute Gasteiger partial charge is 0.341 e. The topological polar surface area (TPSA) is 46.3 Å². The van der Waals surface area contributed by atoms with Crippen LogP contribution in [0.5, 0.6) is 0 Å². The highest BCUT2D eigenvalue weighted by Gasteiger charge is 2.34. The maximum Gasteiger partial charge on any atom is 0.224 e. The average Bonchev–Trinajstić information content (AvgIpc) is 2.65. The fourth-order valence-corrected chi connectivity index (χ4v) is 3.73. The molecule has 1 atom stereocenters. The van der Waals surface area contributed by atoms with E-state index in [0.717, 1.165) is 31.7 Å². The number of carbonyl (C=O) groups excluding carboxylic acids is 1. The predicted molar refractivity (Wildman–Crippen MR) is 68.5 cm³/mol. The molecule has 1 saturated carbocycles. The number of hydrogen-bond donors (Lipinski definition) is 1. The van der Waals surface area contributed by atoms with E-state index < -0.39 is 0 Å². The van der Waals surface area contributed by atoms with Crippen molar-refractivity contribution >= 4 is 17.7 Å². The maximum absolute atomic E-state index is 12.1. The molecule has 0 aromatic rings. The van der Waals surface area contributed by atoms with E-state index >= 15 is 0 Å². The van der Waals surface area contributed by atoms with Crippen LogP contribution in [0, 0.1) is 0 Å². The lowest BCUT2D eigenvalue weighted by molar-refractivity contribution is -0.132. The fraction of sp³-hybridized carbons (Fsp3) is 0.917. The number of nitrogens with zero attached hydrogens (tertiary/aromatic N) is 1. The minimum atomic E-state index is -0.190. The number of hydrogen-bond acceptors (Lipinski definition) is 3. The van der Waals surface area contributed by atoms with E-state index in [0.29, 0.717) is 11.7 Å². The summed E-state index contributed by atoms with van der Waals surface area (Å²) < 4.78 is 0. The van der Waals surface area contributed by atoms with E-state index in [-0.39, 0.29) is 11.4 Å². The number of rotatable bonds is 2. The second-order valence-corrected chi connectivity index (χ2v) is 6.81. The van der Waals surface area contributed by atoms with Crippen molar-refractivity contribution in [1.29, 1.82) is 0 Å². The van der Waals surface area contributed by atoms with Crippen molar-refractivity contribution in [2.75, 3.05) is 18.8 Å². The Morgan fingerprint density at radius 3 is 2.81 bits per heavy atom. The third-order valence-electron chi connectivity index (χ3n) is 3.70. The first-order chi connectivity index (χ1) is 7.59. The van der Waals surface area contributed by atoms with Crippen molar-refractivity contribution in [3.8, 4) is 0 Å². The Hall–Kier alpha value is -0.220. The van der Waals surface area contributed by atoms with Gasteiger partial charge in [0.1, 0.15) is 0 Å². The first kappa shape index (κ1) is 12.2. The molecule has 0 bridgehead atoms. The molecular formula is C12H22N2OS. The van der Waals surface area contributed by atoms with Crippen molar-refractivity contribution in [2.45, 2.75) is 49.8 Å². The van der Waals surface area contributed by atoms with Crippen LogP contribution >= 0.6 is 11.8 Å². The fourth-order valence-electron chi connectivity index (χ4n) is 2.71. The third kappa shape index (κ3) is 2.92. The zero-order chi connectivity index (χ0) is 11.6. The lowest BCUT2D eigenvalue weighted by Crippen LogP contribution is -2.47. The van der Waals surface area contributed by atoms with E-state index in [4.69, 9.17) is 5.73 Å². The molecule has 92 valence electrons. The van der Waals surface area contributed by atoms with Gasteiger partial charge in [0.05, 0.1) is 0 Å². The molecule has 1 unspecified atom stereocenters. The van der Waals surface area contributed by atoms with Crippen LogP contribution in [0.25, 0.3) is 0 Å². The minimum Gasteiger partial charge on any atom is -0.341 e. The zero-order valence-corrected chi connectivity index (χ0v) is 10.9. The Balaban J connectivity index is 1.87. The highest BCUT2D eigenvalue weighted by Crippen LogP contribution is 2.31. The lowest BCUT2D eigenvalue weighted by atomic mass is 9.94. The summed E-state index contributed by atoms with van der Waals surface area (Å²) in [6, 6.07) is 0. The Morgan fingerprint density at radius 1 is 1.50 bits per heavy atom. The molecular weight excluding hydrogens is 220 g/mol. The summed E-state index contributed by atoms with van der Waals surface area (Å²) in [5.74, 6) is 1.35. The van der Waals surface area contributed by atoms with Crippen LogP contribution in [0.3, 0.4) is 0 Å². The van der Waals surface area contributed by atoms with Crippen LogP contribution < -0.4 is 5.73 Å². The van der Waals surface area contributed by atoms with Crippen LogP contribution in [0.1, 0.15) is 39.0 Å². The van der Waals surface area contributed by atoms with E-state index in [1.165, 1.54) is 12.8 Å². The van der Waals surface area contributed by atoms with Crippen molar-refractivity contribution in [1.82, 2.24) is 4.90 Å². The average molecular weight is 242 g/mol. The van der Waals surface area contributed by atoms with Gasteiger partial charge in [0, 0.05) is 36.1 Å². The Labute approximate surface area is 102 Å². The summed E-state index contributed by atoms with van der Waals surface area (Å²) in [6.07, 6.45) is 4.99. The first-order valence-corrected chi connectivity index (χ1v) is 7.32. The van der Waals surface area contributed by atoms with Gasteiger partial charge in [-0.3, -0.25) is 4.79 Å². The van der Waals surface area contributed by atoms with Gasteiger partial charge in [-0.15, -0.1) is 0 Å².